The van der Waals surface area contributed by atoms with Crippen molar-refractivity contribution in [2.24, 2.45) is 0 Å². The molecule has 0 unspecified atom stereocenters. The molecular formula is C22H15BrN2. The Balaban J connectivity index is 1.90. The second-order valence-corrected chi connectivity index (χ2v) is 6.71. The monoisotopic (exact) mass is 386 g/mol. The topological polar surface area (TPSA) is 25.8 Å². The van der Waals surface area contributed by atoms with Crippen molar-refractivity contribution < 1.29 is 0 Å². The van der Waals surface area contributed by atoms with Crippen LogP contribution in [-0.4, -0.2) is 9.97 Å². The zero-order valence-electron chi connectivity index (χ0n) is 13.4. The average Bonchev–Trinajstić information content (AvgIpc) is 2.69. The third-order valence-electron chi connectivity index (χ3n) is 4.10. The summed E-state index contributed by atoms with van der Waals surface area (Å²) in [6.45, 7) is 0. The van der Waals surface area contributed by atoms with Crippen LogP contribution in [0.1, 0.15) is 0 Å². The molecule has 0 N–H and O–H groups in total. The largest absolute Gasteiger partial charge is 0.264 e. The molecule has 2 heterocycles. The summed E-state index contributed by atoms with van der Waals surface area (Å²) < 4.78 is 1.08. The highest BCUT2D eigenvalue weighted by molar-refractivity contribution is 9.10. The second kappa shape index (κ2) is 6.99. The van der Waals surface area contributed by atoms with Gasteiger partial charge < -0.3 is 0 Å². The van der Waals surface area contributed by atoms with Gasteiger partial charge in [0.2, 0.25) is 0 Å². The van der Waals surface area contributed by atoms with Crippen molar-refractivity contribution in [3.05, 3.63) is 96.0 Å². The van der Waals surface area contributed by atoms with Crippen molar-refractivity contribution in [3.63, 3.8) is 0 Å². The van der Waals surface area contributed by atoms with Crippen LogP contribution >= 0.6 is 15.9 Å². The Labute approximate surface area is 155 Å². The second-order valence-electron chi connectivity index (χ2n) is 5.79. The highest BCUT2D eigenvalue weighted by Gasteiger charge is 2.07. The fourth-order valence-electron chi connectivity index (χ4n) is 2.84. The Hall–Kier alpha value is -2.78. The molecule has 0 spiro atoms. The Kier molecular flexibility index (Phi) is 4.40. The van der Waals surface area contributed by atoms with E-state index in [9.17, 15) is 0 Å². The van der Waals surface area contributed by atoms with E-state index in [0.29, 0.717) is 0 Å². The first-order valence-corrected chi connectivity index (χ1v) is 8.81. The van der Waals surface area contributed by atoms with Crippen molar-refractivity contribution in [2.75, 3.05) is 0 Å². The number of hydrogen-bond donors (Lipinski definition) is 0. The fraction of sp³-hybridized carbons (Fsp3) is 0. The summed E-state index contributed by atoms with van der Waals surface area (Å²) in [6.07, 6.45) is 7.38. The molecule has 2 nitrogen and oxygen atoms in total. The van der Waals surface area contributed by atoms with Crippen LogP contribution in [-0.2, 0) is 0 Å². The lowest BCUT2D eigenvalue weighted by Gasteiger charge is -2.11. The Morgan fingerprint density at radius 1 is 0.520 bits per heavy atom. The molecule has 0 amide bonds. The Morgan fingerprint density at radius 3 is 1.44 bits per heavy atom. The van der Waals surface area contributed by atoms with Gasteiger partial charge in [-0.1, -0.05) is 40.2 Å². The summed E-state index contributed by atoms with van der Waals surface area (Å²) in [4.78, 5) is 8.52. The van der Waals surface area contributed by atoms with Crippen LogP contribution in [0.15, 0.2) is 96.0 Å². The predicted octanol–water partition coefficient (Wildman–Crippen LogP) is 6.24. The maximum Gasteiger partial charge on any atom is 0.0346 e. The summed E-state index contributed by atoms with van der Waals surface area (Å²) in [5, 5.41) is 0. The van der Waals surface area contributed by atoms with E-state index in [-0.39, 0.29) is 0 Å². The van der Waals surface area contributed by atoms with E-state index in [0.717, 1.165) is 26.7 Å². The number of rotatable bonds is 3. The molecule has 0 saturated heterocycles. The number of halogens is 1. The van der Waals surface area contributed by atoms with E-state index in [1.54, 1.807) is 12.4 Å². The number of pyridine rings is 2. The molecule has 2 aromatic carbocycles. The van der Waals surface area contributed by atoms with Crippen molar-refractivity contribution in [2.45, 2.75) is 0 Å². The maximum atomic E-state index is 4.26. The first-order valence-electron chi connectivity index (χ1n) is 8.01. The van der Waals surface area contributed by atoms with Crippen LogP contribution in [0.2, 0.25) is 0 Å². The van der Waals surface area contributed by atoms with Crippen LogP contribution in [0.4, 0.5) is 0 Å². The van der Waals surface area contributed by atoms with Crippen molar-refractivity contribution in [3.8, 4) is 33.4 Å². The van der Waals surface area contributed by atoms with Gasteiger partial charge in [0, 0.05) is 40.4 Å². The number of hydrogen-bond acceptors (Lipinski definition) is 2. The minimum Gasteiger partial charge on any atom is -0.264 e. The quantitative estimate of drug-likeness (QED) is 0.416. The number of aromatic nitrogens is 2. The van der Waals surface area contributed by atoms with Crippen LogP contribution in [0.25, 0.3) is 33.4 Å². The maximum absolute atomic E-state index is 4.26. The minimum atomic E-state index is 1.08. The van der Waals surface area contributed by atoms with Gasteiger partial charge in [0.15, 0.2) is 0 Å². The summed E-state index contributed by atoms with van der Waals surface area (Å²) in [5.74, 6) is 0. The smallest absolute Gasteiger partial charge is 0.0346 e. The molecule has 120 valence electrons. The lowest BCUT2D eigenvalue weighted by molar-refractivity contribution is 1.32. The minimum absolute atomic E-state index is 1.08. The van der Waals surface area contributed by atoms with E-state index >= 15 is 0 Å². The normalized spacial score (nSPS) is 10.6. The molecule has 4 rings (SSSR count). The Bertz CT molecular complexity index is 924. The predicted molar refractivity (Wildman–Crippen MR) is 106 cm³/mol. The van der Waals surface area contributed by atoms with Crippen molar-refractivity contribution in [1.29, 1.82) is 0 Å². The molecule has 0 fully saturated rings. The molecule has 0 aliphatic heterocycles. The van der Waals surface area contributed by atoms with Gasteiger partial charge in [-0.3, -0.25) is 9.97 Å². The van der Waals surface area contributed by atoms with E-state index in [1.165, 1.54) is 11.1 Å². The molecule has 2 aromatic heterocycles. The van der Waals surface area contributed by atoms with Gasteiger partial charge in [-0.05, 0) is 64.7 Å². The fourth-order valence-corrected chi connectivity index (χ4v) is 3.10. The third-order valence-corrected chi connectivity index (χ3v) is 4.63. The van der Waals surface area contributed by atoms with E-state index in [2.05, 4.69) is 80.5 Å². The molecule has 0 aliphatic rings. The van der Waals surface area contributed by atoms with E-state index in [1.807, 2.05) is 24.5 Å². The summed E-state index contributed by atoms with van der Waals surface area (Å²) in [7, 11) is 0. The SMILES string of the molecule is Brc1ccc(-c2cc(-c3cccnc3)cc(-c3cccnc3)c2)cc1. The summed E-state index contributed by atoms with van der Waals surface area (Å²) in [5.41, 5.74) is 6.85. The van der Waals surface area contributed by atoms with Gasteiger partial charge in [0.05, 0.1) is 0 Å². The van der Waals surface area contributed by atoms with Crippen LogP contribution in [0.3, 0.4) is 0 Å². The van der Waals surface area contributed by atoms with E-state index < -0.39 is 0 Å². The molecule has 0 atom stereocenters. The highest BCUT2D eigenvalue weighted by Crippen LogP contribution is 2.32. The first-order chi connectivity index (χ1) is 12.3. The van der Waals surface area contributed by atoms with Crippen molar-refractivity contribution in [1.82, 2.24) is 9.97 Å². The van der Waals surface area contributed by atoms with Crippen LogP contribution in [0.5, 0.6) is 0 Å². The first kappa shape index (κ1) is 15.7. The van der Waals surface area contributed by atoms with Gasteiger partial charge >= 0.3 is 0 Å². The Morgan fingerprint density at radius 2 is 1.00 bits per heavy atom. The van der Waals surface area contributed by atoms with Gasteiger partial charge in [0.1, 0.15) is 0 Å². The molecule has 0 bridgehead atoms. The van der Waals surface area contributed by atoms with Gasteiger partial charge in [0.25, 0.3) is 0 Å². The van der Waals surface area contributed by atoms with Crippen LogP contribution < -0.4 is 0 Å². The number of nitrogens with zero attached hydrogens (tertiary/aromatic N) is 2. The van der Waals surface area contributed by atoms with Gasteiger partial charge in [-0.2, -0.15) is 0 Å². The third kappa shape index (κ3) is 3.52. The highest BCUT2D eigenvalue weighted by atomic mass is 79.9. The molecule has 0 aliphatic carbocycles. The van der Waals surface area contributed by atoms with E-state index in [4.69, 9.17) is 0 Å². The molecule has 25 heavy (non-hydrogen) atoms. The molecule has 4 aromatic rings. The van der Waals surface area contributed by atoms with Crippen molar-refractivity contribution >= 4 is 15.9 Å². The summed E-state index contributed by atoms with van der Waals surface area (Å²) in [6, 6.07) is 23.1. The van der Waals surface area contributed by atoms with Gasteiger partial charge in [-0.15, -0.1) is 0 Å². The average molecular weight is 387 g/mol. The molecule has 0 saturated carbocycles. The lowest BCUT2D eigenvalue weighted by Crippen LogP contribution is -1.87. The molecular weight excluding hydrogens is 372 g/mol. The molecule has 3 heteroatoms. The van der Waals surface area contributed by atoms with Gasteiger partial charge in [-0.25, -0.2) is 0 Å². The van der Waals surface area contributed by atoms with Crippen LogP contribution in [0, 0.1) is 0 Å². The number of benzene rings is 2. The standard InChI is InChI=1S/C22H15BrN2/c23-22-7-5-16(6-8-22)19-11-20(17-3-1-9-24-14-17)13-21(12-19)18-4-2-10-25-15-18/h1-15H. The lowest BCUT2D eigenvalue weighted by atomic mass is 9.94. The molecule has 0 radical (unpaired) electrons. The zero-order chi connectivity index (χ0) is 17.1. The summed E-state index contributed by atoms with van der Waals surface area (Å²) >= 11 is 3.50. The zero-order valence-corrected chi connectivity index (χ0v) is 15.0.